The summed E-state index contributed by atoms with van der Waals surface area (Å²) in [5.74, 6) is 0.294. The van der Waals surface area contributed by atoms with Crippen molar-refractivity contribution >= 4 is 23.3 Å². The maximum Gasteiger partial charge on any atom is 0.338 e. The van der Waals surface area contributed by atoms with Crippen LogP contribution in [0.3, 0.4) is 0 Å². The van der Waals surface area contributed by atoms with Crippen LogP contribution in [0.4, 0.5) is 5.69 Å². The van der Waals surface area contributed by atoms with Gasteiger partial charge in [0.25, 0.3) is 5.69 Å². The third kappa shape index (κ3) is 3.95. The molecule has 9 nitrogen and oxygen atoms in total. The monoisotopic (exact) mass is 409 g/mol. The molecule has 0 spiro atoms. The van der Waals surface area contributed by atoms with Gasteiger partial charge < -0.3 is 23.7 Å². The topological polar surface area (TPSA) is 106 Å². The highest BCUT2D eigenvalue weighted by molar-refractivity contribution is 6.32. The number of methoxy groups -OCH3 is 2. The average molecular weight is 410 g/mol. The summed E-state index contributed by atoms with van der Waals surface area (Å²) < 4.78 is 26.2. The number of rotatable bonds is 6. The Balaban J connectivity index is 1.84. The largest absolute Gasteiger partial charge is 0.493 e. The van der Waals surface area contributed by atoms with Gasteiger partial charge in [-0.15, -0.1) is 0 Å². The van der Waals surface area contributed by atoms with E-state index in [0.717, 1.165) is 0 Å². The van der Waals surface area contributed by atoms with E-state index in [1.54, 1.807) is 0 Å². The number of carbonyl (C=O) groups excluding carboxylic acids is 1. The molecule has 3 rings (SSSR count). The predicted octanol–water partition coefficient (Wildman–Crippen LogP) is 3.49. The number of hydrogen-bond acceptors (Lipinski definition) is 8. The van der Waals surface area contributed by atoms with Gasteiger partial charge in [-0.2, -0.15) is 0 Å². The van der Waals surface area contributed by atoms with E-state index in [2.05, 4.69) is 0 Å². The second-order valence-electron chi connectivity index (χ2n) is 5.73. The first-order valence-electron chi connectivity index (χ1n) is 8.04. The number of nitrogens with zero attached hydrogens (tertiary/aromatic N) is 1. The number of nitro groups is 1. The first-order chi connectivity index (χ1) is 13.4. The molecule has 1 aliphatic heterocycles. The molecular formula is C18H16ClNO8. The highest BCUT2D eigenvalue weighted by Crippen LogP contribution is 2.37. The summed E-state index contributed by atoms with van der Waals surface area (Å²) in [6, 6.07) is 5.49. The summed E-state index contributed by atoms with van der Waals surface area (Å²) in [6.07, 6.45) is 0. The standard InChI is InChI=1S/C18H16ClNO8/c1-24-15-6-10(5-14(19)17(15)25-2)18(21)27-8-12-4-13(20(22)23)3-11-7-26-9-28-16(11)12/h3-6H,7-9H2,1-2H3. The smallest absolute Gasteiger partial charge is 0.338 e. The first-order valence-corrected chi connectivity index (χ1v) is 8.41. The summed E-state index contributed by atoms with van der Waals surface area (Å²) in [5.41, 5.74) is 0.882. The number of fused-ring (bicyclic) bond motifs is 1. The van der Waals surface area contributed by atoms with Gasteiger partial charge in [-0.05, 0) is 12.1 Å². The molecule has 2 aromatic rings. The zero-order valence-corrected chi connectivity index (χ0v) is 15.8. The molecule has 0 atom stereocenters. The van der Waals surface area contributed by atoms with Crippen LogP contribution in [-0.2, 0) is 22.7 Å². The van der Waals surface area contributed by atoms with Gasteiger partial charge in [0.15, 0.2) is 18.3 Å². The maximum absolute atomic E-state index is 12.4. The fourth-order valence-corrected chi connectivity index (χ4v) is 3.04. The minimum atomic E-state index is -0.685. The zero-order valence-electron chi connectivity index (χ0n) is 15.0. The second-order valence-corrected chi connectivity index (χ2v) is 6.14. The molecule has 0 radical (unpaired) electrons. The lowest BCUT2D eigenvalue weighted by molar-refractivity contribution is -0.385. The van der Waals surface area contributed by atoms with Crippen LogP contribution in [0.1, 0.15) is 21.5 Å². The van der Waals surface area contributed by atoms with Crippen molar-refractivity contribution in [1.29, 1.82) is 0 Å². The van der Waals surface area contributed by atoms with E-state index in [1.807, 2.05) is 0 Å². The summed E-state index contributed by atoms with van der Waals surface area (Å²) in [4.78, 5) is 23.1. The van der Waals surface area contributed by atoms with Gasteiger partial charge in [0, 0.05) is 23.3 Å². The van der Waals surface area contributed by atoms with Gasteiger partial charge in [-0.1, -0.05) is 11.6 Å². The molecule has 28 heavy (non-hydrogen) atoms. The lowest BCUT2D eigenvalue weighted by Gasteiger charge is -2.20. The molecular weight excluding hydrogens is 394 g/mol. The third-order valence-electron chi connectivity index (χ3n) is 4.01. The summed E-state index contributed by atoms with van der Waals surface area (Å²) in [5, 5.41) is 11.3. The molecule has 1 aliphatic rings. The number of benzene rings is 2. The molecule has 0 fully saturated rings. The zero-order chi connectivity index (χ0) is 20.3. The van der Waals surface area contributed by atoms with Crippen LogP contribution in [-0.4, -0.2) is 31.9 Å². The van der Waals surface area contributed by atoms with Gasteiger partial charge in [0.1, 0.15) is 12.4 Å². The quantitative estimate of drug-likeness (QED) is 0.405. The molecule has 0 saturated carbocycles. The molecule has 0 unspecified atom stereocenters. The molecule has 0 saturated heterocycles. The molecule has 148 valence electrons. The Morgan fingerprint density at radius 2 is 2.04 bits per heavy atom. The van der Waals surface area contributed by atoms with Crippen molar-refractivity contribution in [1.82, 2.24) is 0 Å². The SMILES string of the molecule is COc1cc(C(=O)OCc2cc([N+](=O)[O-])cc3c2OCOC3)cc(Cl)c1OC. The van der Waals surface area contributed by atoms with Gasteiger partial charge in [-0.3, -0.25) is 10.1 Å². The van der Waals surface area contributed by atoms with Gasteiger partial charge in [-0.25, -0.2) is 4.79 Å². The van der Waals surface area contributed by atoms with Crippen molar-refractivity contribution in [3.63, 3.8) is 0 Å². The fraction of sp³-hybridized carbons (Fsp3) is 0.278. The lowest BCUT2D eigenvalue weighted by atomic mass is 10.1. The molecule has 0 aliphatic carbocycles. The van der Waals surface area contributed by atoms with Crippen LogP contribution < -0.4 is 14.2 Å². The Morgan fingerprint density at radius 3 is 2.71 bits per heavy atom. The summed E-state index contributed by atoms with van der Waals surface area (Å²) in [6.45, 7) is -0.0465. The van der Waals surface area contributed by atoms with E-state index < -0.39 is 10.9 Å². The average Bonchev–Trinajstić information content (AvgIpc) is 2.70. The Morgan fingerprint density at radius 1 is 1.25 bits per heavy atom. The van der Waals surface area contributed by atoms with Gasteiger partial charge in [0.05, 0.1) is 36.3 Å². The molecule has 10 heteroatoms. The van der Waals surface area contributed by atoms with Crippen molar-refractivity contribution in [3.8, 4) is 17.2 Å². The number of non-ortho nitro benzene ring substituents is 1. The Kier molecular flexibility index (Phi) is 5.86. The van der Waals surface area contributed by atoms with Crippen LogP contribution in [0.15, 0.2) is 24.3 Å². The van der Waals surface area contributed by atoms with Crippen molar-refractivity contribution in [3.05, 3.63) is 56.1 Å². The molecule has 2 aromatic carbocycles. The van der Waals surface area contributed by atoms with Crippen LogP contribution in [0.25, 0.3) is 0 Å². The van der Waals surface area contributed by atoms with Gasteiger partial charge >= 0.3 is 5.97 Å². The van der Waals surface area contributed by atoms with Crippen LogP contribution >= 0.6 is 11.6 Å². The third-order valence-corrected chi connectivity index (χ3v) is 4.29. The van der Waals surface area contributed by atoms with E-state index in [-0.39, 0.29) is 42.0 Å². The van der Waals surface area contributed by atoms with Crippen molar-refractivity contribution in [2.24, 2.45) is 0 Å². The second kappa shape index (κ2) is 8.32. The number of halogens is 1. The highest BCUT2D eigenvalue weighted by atomic mass is 35.5. The summed E-state index contributed by atoms with van der Waals surface area (Å²) in [7, 11) is 2.84. The van der Waals surface area contributed by atoms with Crippen molar-refractivity contribution in [2.45, 2.75) is 13.2 Å². The number of nitro benzene ring substituents is 1. The molecule has 0 aromatic heterocycles. The van der Waals surface area contributed by atoms with E-state index >= 15 is 0 Å². The van der Waals surface area contributed by atoms with Crippen LogP contribution in [0.2, 0.25) is 5.02 Å². The first kappa shape index (κ1) is 19.7. The Hall–Kier alpha value is -3.04. The van der Waals surface area contributed by atoms with Crippen molar-refractivity contribution < 1.29 is 33.4 Å². The minimum absolute atomic E-state index is 0.0110. The normalized spacial score (nSPS) is 12.5. The Bertz CT molecular complexity index is 930. The highest BCUT2D eigenvalue weighted by Gasteiger charge is 2.22. The Labute approximate surface area is 164 Å². The molecule has 0 bridgehead atoms. The summed E-state index contributed by atoms with van der Waals surface area (Å²) >= 11 is 6.10. The number of esters is 1. The van der Waals surface area contributed by atoms with E-state index in [4.69, 9.17) is 35.3 Å². The van der Waals surface area contributed by atoms with E-state index in [1.165, 1.54) is 38.5 Å². The predicted molar refractivity (Wildman–Crippen MR) is 97.1 cm³/mol. The molecule has 0 amide bonds. The van der Waals surface area contributed by atoms with Crippen LogP contribution in [0.5, 0.6) is 17.2 Å². The fourth-order valence-electron chi connectivity index (χ4n) is 2.76. The van der Waals surface area contributed by atoms with Gasteiger partial charge in [0.2, 0.25) is 0 Å². The maximum atomic E-state index is 12.4. The number of hydrogen-bond donors (Lipinski definition) is 0. The van der Waals surface area contributed by atoms with Crippen molar-refractivity contribution in [2.75, 3.05) is 21.0 Å². The lowest BCUT2D eigenvalue weighted by Crippen LogP contribution is -2.15. The molecule has 1 heterocycles. The van der Waals surface area contributed by atoms with E-state index in [0.29, 0.717) is 22.6 Å². The number of carbonyl (C=O) groups is 1. The van der Waals surface area contributed by atoms with E-state index in [9.17, 15) is 14.9 Å². The molecule has 0 N–H and O–H groups in total. The van der Waals surface area contributed by atoms with Crippen LogP contribution in [0, 0.1) is 10.1 Å². The minimum Gasteiger partial charge on any atom is -0.493 e. The number of ether oxygens (including phenoxy) is 5.